The highest BCUT2D eigenvalue weighted by atomic mass is 32.2. The lowest BCUT2D eigenvalue weighted by Gasteiger charge is -2.11. The van der Waals surface area contributed by atoms with Gasteiger partial charge in [-0.3, -0.25) is 0 Å². The number of hydrogen-bond donors (Lipinski definition) is 1. The first-order chi connectivity index (χ1) is 8.62. The summed E-state index contributed by atoms with van der Waals surface area (Å²) < 4.78 is 24.6. The molecule has 0 radical (unpaired) electrons. The fraction of sp³-hybridized carbons (Fsp3) is 0.143. The fourth-order valence-corrected chi connectivity index (χ4v) is 4.39. The smallest absolute Gasteiger partial charge is 0.192 e. The van der Waals surface area contributed by atoms with Crippen LogP contribution in [0.25, 0.3) is 0 Å². The standard InChI is InChI=1S/C14H12O3S/c15-14-12-9-5-4-8-11(12)13(18(14,16)17)10-6-2-1-3-7-10/h1-9,13-15H. The summed E-state index contributed by atoms with van der Waals surface area (Å²) in [6, 6.07) is 16.0. The molecule has 2 aromatic rings. The summed E-state index contributed by atoms with van der Waals surface area (Å²) in [5.74, 6) is 0. The van der Waals surface area contributed by atoms with Crippen molar-refractivity contribution in [1.29, 1.82) is 0 Å². The van der Waals surface area contributed by atoms with Crippen molar-refractivity contribution in [2.45, 2.75) is 10.7 Å². The highest BCUT2D eigenvalue weighted by Gasteiger charge is 2.44. The van der Waals surface area contributed by atoms with Gasteiger partial charge in [0, 0.05) is 5.56 Å². The van der Waals surface area contributed by atoms with E-state index in [0.29, 0.717) is 16.7 Å². The molecular weight excluding hydrogens is 248 g/mol. The third kappa shape index (κ3) is 1.50. The van der Waals surface area contributed by atoms with Gasteiger partial charge < -0.3 is 5.11 Å². The monoisotopic (exact) mass is 260 g/mol. The van der Waals surface area contributed by atoms with Crippen LogP contribution in [0.3, 0.4) is 0 Å². The van der Waals surface area contributed by atoms with Crippen LogP contribution < -0.4 is 0 Å². The Balaban J connectivity index is 2.26. The summed E-state index contributed by atoms with van der Waals surface area (Å²) in [6.07, 6.45) is 0. The number of aliphatic hydroxyl groups is 1. The number of rotatable bonds is 1. The average Bonchev–Trinajstić information content (AvgIpc) is 2.59. The molecule has 0 fully saturated rings. The molecule has 4 heteroatoms. The van der Waals surface area contributed by atoms with E-state index in [1.54, 1.807) is 48.5 Å². The number of benzene rings is 2. The molecule has 0 aromatic heterocycles. The Hall–Kier alpha value is -1.65. The molecule has 92 valence electrons. The minimum absolute atomic E-state index is 0.492. The second-order valence-corrected chi connectivity index (χ2v) is 6.46. The number of sulfone groups is 1. The van der Waals surface area contributed by atoms with Gasteiger partial charge in [0.2, 0.25) is 0 Å². The molecule has 0 saturated heterocycles. The highest BCUT2D eigenvalue weighted by Crippen LogP contribution is 2.46. The molecule has 0 bridgehead atoms. The third-order valence-corrected chi connectivity index (χ3v) is 5.35. The van der Waals surface area contributed by atoms with E-state index in [0.717, 1.165) is 0 Å². The van der Waals surface area contributed by atoms with Gasteiger partial charge in [0.15, 0.2) is 15.3 Å². The van der Waals surface area contributed by atoms with E-state index in [-0.39, 0.29) is 0 Å². The number of fused-ring (bicyclic) bond motifs is 1. The quantitative estimate of drug-likeness (QED) is 0.855. The maximum Gasteiger partial charge on any atom is 0.192 e. The van der Waals surface area contributed by atoms with E-state index in [1.807, 2.05) is 6.07 Å². The molecule has 2 unspecified atom stereocenters. The first-order valence-electron chi connectivity index (χ1n) is 5.67. The van der Waals surface area contributed by atoms with Gasteiger partial charge in [-0.25, -0.2) is 8.42 Å². The van der Waals surface area contributed by atoms with Crippen LogP contribution in [-0.4, -0.2) is 13.5 Å². The Labute approximate surface area is 106 Å². The van der Waals surface area contributed by atoms with E-state index >= 15 is 0 Å². The lowest BCUT2D eigenvalue weighted by molar-refractivity contribution is 0.258. The minimum Gasteiger partial charge on any atom is -0.373 e. The zero-order chi connectivity index (χ0) is 12.8. The van der Waals surface area contributed by atoms with Crippen LogP contribution in [0.5, 0.6) is 0 Å². The molecule has 2 aromatic carbocycles. The highest BCUT2D eigenvalue weighted by molar-refractivity contribution is 7.92. The average molecular weight is 260 g/mol. The maximum absolute atomic E-state index is 12.3. The van der Waals surface area contributed by atoms with Crippen molar-refractivity contribution in [3.63, 3.8) is 0 Å². The van der Waals surface area contributed by atoms with Gasteiger partial charge in [-0.15, -0.1) is 0 Å². The van der Waals surface area contributed by atoms with Crippen LogP contribution in [0.15, 0.2) is 54.6 Å². The second-order valence-electron chi connectivity index (χ2n) is 4.36. The molecule has 1 N–H and O–H groups in total. The van der Waals surface area contributed by atoms with Crippen LogP contribution in [0, 0.1) is 0 Å². The van der Waals surface area contributed by atoms with Crippen molar-refractivity contribution in [1.82, 2.24) is 0 Å². The number of aliphatic hydroxyl groups excluding tert-OH is 1. The zero-order valence-electron chi connectivity index (χ0n) is 9.52. The molecule has 2 atom stereocenters. The van der Waals surface area contributed by atoms with Crippen molar-refractivity contribution >= 4 is 9.84 Å². The van der Waals surface area contributed by atoms with Crippen molar-refractivity contribution < 1.29 is 13.5 Å². The van der Waals surface area contributed by atoms with Crippen LogP contribution in [0.4, 0.5) is 0 Å². The molecule has 1 heterocycles. The maximum atomic E-state index is 12.3. The topological polar surface area (TPSA) is 54.4 Å². The zero-order valence-corrected chi connectivity index (χ0v) is 10.3. The summed E-state index contributed by atoms with van der Waals surface area (Å²) >= 11 is 0. The predicted octanol–water partition coefficient (Wildman–Crippen LogP) is 2.20. The van der Waals surface area contributed by atoms with Crippen LogP contribution in [0.2, 0.25) is 0 Å². The first kappa shape index (κ1) is 11.4. The van der Waals surface area contributed by atoms with Gasteiger partial charge in [-0.1, -0.05) is 54.6 Å². The van der Waals surface area contributed by atoms with Gasteiger partial charge in [0.25, 0.3) is 0 Å². The molecule has 18 heavy (non-hydrogen) atoms. The summed E-state index contributed by atoms with van der Waals surface area (Å²) in [7, 11) is -3.62. The van der Waals surface area contributed by atoms with Crippen molar-refractivity contribution in [2.24, 2.45) is 0 Å². The fourth-order valence-electron chi connectivity index (χ4n) is 2.45. The molecule has 0 spiro atoms. The van der Waals surface area contributed by atoms with Crippen LogP contribution in [0.1, 0.15) is 27.4 Å². The third-order valence-electron chi connectivity index (χ3n) is 3.29. The minimum atomic E-state index is -3.62. The molecule has 3 nitrogen and oxygen atoms in total. The van der Waals surface area contributed by atoms with Crippen LogP contribution >= 0.6 is 0 Å². The normalized spacial score (nSPS) is 24.7. The largest absolute Gasteiger partial charge is 0.373 e. The van der Waals surface area contributed by atoms with Gasteiger partial charge in [-0.05, 0) is 11.1 Å². The summed E-state index contributed by atoms with van der Waals surface area (Å²) in [5.41, 5.74) is 0.447. The Morgan fingerprint density at radius 1 is 0.833 bits per heavy atom. The lowest BCUT2D eigenvalue weighted by Crippen LogP contribution is -2.12. The molecular formula is C14H12O3S. The Kier molecular flexibility index (Phi) is 2.50. The van der Waals surface area contributed by atoms with Crippen molar-refractivity contribution in [2.75, 3.05) is 0 Å². The molecule has 0 saturated carbocycles. The lowest BCUT2D eigenvalue weighted by atomic mass is 10.0. The van der Waals surface area contributed by atoms with Gasteiger partial charge in [0.1, 0.15) is 5.25 Å². The Morgan fingerprint density at radius 3 is 2.06 bits per heavy atom. The molecule has 0 amide bonds. The molecule has 1 aliphatic rings. The van der Waals surface area contributed by atoms with E-state index in [4.69, 9.17) is 0 Å². The predicted molar refractivity (Wildman–Crippen MR) is 68.6 cm³/mol. The Morgan fingerprint density at radius 2 is 1.39 bits per heavy atom. The molecule has 3 rings (SSSR count). The SMILES string of the molecule is O=S1(=O)C(O)c2ccccc2C1c1ccccc1. The van der Waals surface area contributed by atoms with Gasteiger partial charge >= 0.3 is 0 Å². The first-order valence-corrected chi connectivity index (χ1v) is 7.28. The summed E-state index contributed by atoms with van der Waals surface area (Å²) in [6.45, 7) is 0. The van der Waals surface area contributed by atoms with Crippen LogP contribution in [-0.2, 0) is 9.84 Å². The number of hydrogen-bond acceptors (Lipinski definition) is 3. The van der Waals surface area contributed by atoms with E-state index < -0.39 is 20.5 Å². The van der Waals surface area contributed by atoms with Crippen molar-refractivity contribution in [3.8, 4) is 0 Å². The second kappa shape index (κ2) is 3.93. The van der Waals surface area contributed by atoms with Crippen molar-refractivity contribution in [3.05, 3.63) is 71.3 Å². The Bertz CT molecular complexity index is 677. The molecule has 1 aliphatic heterocycles. The van der Waals surface area contributed by atoms with E-state index in [2.05, 4.69) is 0 Å². The van der Waals surface area contributed by atoms with Gasteiger partial charge in [-0.2, -0.15) is 0 Å². The van der Waals surface area contributed by atoms with E-state index in [1.165, 1.54) is 0 Å². The summed E-state index contributed by atoms with van der Waals surface area (Å²) in [5, 5.41) is 9.19. The summed E-state index contributed by atoms with van der Waals surface area (Å²) in [4.78, 5) is 0. The van der Waals surface area contributed by atoms with E-state index in [9.17, 15) is 13.5 Å². The molecule has 0 aliphatic carbocycles. The van der Waals surface area contributed by atoms with Gasteiger partial charge in [0.05, 0.1) is 0 Å².